The molecule has 2 aromatic rings. The number of quaternary nitrogens is 2. The molecule has 3 rings (SSSR count). The van der Waals surface area contributed by atoms with Crippen molar-refractivity contribution in [1.82, 2.24) is 0 Å². The zero-order valence-corrected chi connectivity index (χ0v) is 17.8. The van der Waals surface area contributed by atoms with Crippen LogP contribution in [0.2, 0.25) is 5.02 Å². The summed E-state index contributed by atoms with van der Waals surface area (Å²) in [5.41, 5.74) is 1.93. The average molecular weight is 416 g/mol. The van der Waals surface area contributed by atoms with Crippen LogP contribution in [0.5, 0.6) is 5.75 Å². The van der Waals surface area contributed by atoms with Crippen molar-refractivity contribution in [3.05, 3.63) is 65.2 Å². The van der Waals surface area contributed by atoms with E-state index in [9.17, 15) is 4.79 Å². The number of halogens is 1. The average Bonchev–Trinajstić information content (AvgIpc) is 2.74. The Hall–Kier alpha value is -2.34. The highest BCUT2D eigenvalue weighted by molar-refractivity contribution is 6.32. The molecule has 0 radical (unpaired) electrons. The van der Waals surface area contributed by atoms with Crippen LogP contribution in [-0.2, 0) is 4.79 Å². The predicted octanol–water partition coefficient (Wildman–Crippen LogP) is 1.17. The second-order valence-electron chi connectivity index (χ2n) is 7.49. The Morgan fingerprint density at radius 3 is 2.55 bits per heavy atom. The lowest BCUT2D eigenvalue weighted by Crippen LogP contribution is -3.29. The van der Waals surface area contributed by atoms with Gasteiger partial charge in [0.25, 0.3) is 5.91 Å². The maximum Gasteiger partial charge on any atom is 0.282 e. The molecule has 3 N–H and O–H groups in total. The number of nitrogens with one attached hydrogen (secondary N) is 3. The van der Waals surface area contributed by atoms with Gasteiger partial charge in [0.2, 0.25) is 0 Å². The summed E-state index contributed by atoms with van der Waals surface area (Å²) in [6.45, 7) is 7.14. The van der Waals surface area contributed by atoms with E-state index in [0.29, 0.717) is 16.5 Å². The molecule has 1 saturated heterocycles. The maximum absolute atomic E-state index is 12.7. The first-order valence-electron chi connectivity index (χ1n) is 10.1. The number of hydrogen-bond donors (Lipinski definition) is 3. The van der Waals surface area contributed by atoms with Crippen LogP contribution in [-0.4, -0.2) is 51.8 Å². The number of benzene rings is 2. The normalized spacial score (nSPS) is 20.4. The van der Waals surface area contributed by atoms with Gasteiger partial charge < -0.3 is 19.9 Å². The van der Waals surface area contributed by atoms with Gasteiger partial charge in [0.05, 0.1) is 18.7 Å². The number of hydrogen-bond acceptors (Lipinski definition) is 2. The molecule has 0 bridgehead atoms. The molecule has 0 saturated carbocycles. The molecule has 0 spiro atoms. The SMILES string of the molecule is COc1ccc(NC(=O)[C@H](C)[NH+]2CC[NH+](C/C=C/c3ccccc3)CC2)cc1Cl. The zero-order valence-electron chi connectivity index (χ0n) is 17.1. The second kappa shape index (κ2) is 10.4. The van der Waals surface area contributed by atoms with E-state index in [1.165, 1.54) is 10.5 Å². The fourth-order valence-electron chi connectivity index (χ4n) is 3.67. The predicted molar refractivity (Wildman–Crippen MR) is 118 cm³/mol. The summed E-state index contributed by atoms with van der Waals surface area (Å²) in [5, 5.41) is 3.47. The standard InChI is InChI=1S/C23H28ClN3O2/c1-18(23(28)25-20-10-11-22(29-2)21(24)17-20)27-15-13-26(14-16-27)12-6-9-19-7-4-3-5-8-19/h3-11,17-18H,12-16H2,1-2H3,(H,25,28)/p+2/b9-6+/t18-/m0/s1. The van der Waals surface area contributed by atoms with E-state index in [1.807, 2.05) is 19.1 Å². The molecule has 5 nitrogen and oxygen atoms in total. The second-order valence-corrected chi connectivity index (χ2v) is 7.89. The number of piperazine rings is 1. The number of ether oxygens (including phenoxy) is 1. The largest absolute Gasteiger partial charge is 0.495 e. The Kier molecular flexibility index (Phi) is 7.69. The van der Waals surface area contributed by atoms with Crippen LogP contribution >= 0.6 is 11.6 Å². The molecule has 1 aliphatic rings. The Morgan fingerprint density at radius 1 is 1.17 bits per heavy atom. The first-order chi connectivity index (χ1) is 14.1. The minimum absolute atomic E-state index is 0.0219. The topological polar surface area (TPSA) is 47.2 Å². The summed E-state index contributed by atoms with van der Waals surface area (Å²) in [6.07, 6.45) is 4.43. The van der Waals surface area contributed by atoms with Gasteiger partial charge in [0, 0.05) is 5.69 Å². The molecule has 1 fully saturated rings. The van der Waals surface area contributed by atoms with E-state index in [4.69, 9.17) is 16.3 Å². The Morgan fingerprint density at radius 2 is 1.90 bits per heavy atom. The minimum atomic E-state index is -0.0997. The first kappa shape index (κ1) is 21.4. The Bertz CT molecular complexity index is 833. The van der Waals surface area contributed by atoms with Gasteiger partial charge in [-0.1, -0.05) is 48.0 Å². The van der Waals surface area contributed by atoms with Crippen molar-refractivity contribution < 1.29 is 19.3 Å². The van der Waals surface area contributed by atoms with Crippen molar-refractivity contribution in [2.45, 2.75) is 13.0 Å². The number of carbonyl (C=O) groups excluding carboxylic acids is 1. The molecule has 1 heterocycles. The summed E-state index contributed by atoms with van der Waals surface area (Å²) in [5.74, 6) is 0.623. The van der Waals surface area contributed by atoms with Crippen molar-refractivity contribution in [1.29, 1.82) is 0 Å². The van der Waals surface area contributed by atoms with E-state index in [-0.39, 0.29) is 11.9 Å². The molecule has 1 aliphatic heterocycles. The molecule has 6 heteroatoms. The summed E-state index contributed by atoms with van der Waals surface area (Å²) < 4.78 is 5.15. The van der Waals surface area contributed by atoms with Crippen molar-refractivity contribution in [3.8, 4) is 5.75 Å². The van der Waals surface area contributed by atoms with Crippen LogP contribution in [0.15, 0.2) is 54.6 Å². The maximum atomic E-state index is 12.7. The zero-order chi connectivity index (χ0) is 20.6. The molecule has 1 atom stereocenters. The summed E-state index contributed by atoms with van der Waals surface area (Å²) in [7, 11) is 1.57. The lowest BCUT2D eigenvalue weighted by Gasteiger charge is -2.32. The van der Waals surface area contributed by atoms with Crippen molar-refractivity contribution in [2.75, 3.05) is 45.2 Å². The van der Waals surface area contributed by atoms with E-state index < -0.39 is 0 Å². The third kappa shape index (κ3) is 6.07. The van der Waals surface area contributed by atoms with Crippen molar-refractivity contribution in [2.24, 2.45) is 0 Å². The van der Waals surface area contributed by atoms with E-state index in [1.54, 1.807) is 24.1 Å². The van der Waals surface area contributed by atoms with Gasteiger partial charge in [-0.05, 0) is 36.8 Å². The van der Waals surface area contributed by atoms with E-state index in [2.05, 4.69) is 41.7 Å². The number of methoxy groups -OCH3 is 1. The third-order valence-corrected chi connectivity index (χ3v) is 5.84. The monoisotopic (exact) mass is 415 g/mol. The van der Waals surface area contributed by atoms with Gasteiger partial charge in [0.15, 0.2) is 6.04 Å². The van der Waals surface area contributed by atoms with Gasteiger partial charge in [0.1, 0.15) is 31.9 Å². The lowest BCUT2D eigenvalue weighted by atomic mass is 10.2. The molecule has 154 valence electrons. The molecule has 1 amide bonds. The van der Waals surface area contributed by atoms with Gasteiger partial charge in [-0.15, -0.1) is 0 Å². The van der Waals surface area contributed by atoms with Crippen LogP contribution in [0.3, 0.4) is 0 Å². The van der Waals surface area contributed by atoms with Gasteiger partial charge >= 0.3 is 0 Å². The van der Waals surface area contributed by atoms with Crippen LogP contribution in [0.25, 0.3) is 6.08 Å². The van der Waals surface area contributed by atoms with E-state index in [0.717, 1.165) is 32.7 Å². The van der Waals surface area contributed by atoms with Gasteiger partial charge in [-0.3, -0.25) is 4.79 Å². The fourth-order valence-corrected chi connectivity index (χ4v) is 3.93. The van der Waals surface area contributed by atoms with E-state index >= 15 is 0 Å². The molecular weight excluding hydrogens is 386 g/mol. The first-order valence-corrected chi connectivity index (χ1v) is 10.5. The number of anilines is 1. The third-order valence-electron chi connectivity index (χ3n) is 5.54. The molecule has 0 aliphatic carbocycles. The van der Waals surface area contributed by atoms with Crippen LogP contribution < -0.4 is 19.9 Å². The highest BCUT2D eigenvalue weighted by Crippen LogP contribution is 2.27. The van der Waals surface area contributed by atoms with Crippen LogP contribution in [0.1, 0.15) is 12.5 Å². The summed E-state index contributed by atoms with van der Waals surface area (Å²) in [4.78, 5) is 15.6. The van der Waals surface area contributed by atoms with Crippen molar-refractivity contribution >= 4 is 29.3 Å². The fraction of sp³-hybridized carbons (Fsp3) is 0.348. The molecule has 2 aromatic carbocycles. The number of amides is 1. The van der Waals surface area contributed by atoms with Gasteiger partial charge in [-0.25, -0.2) is 0 Å². The highest BCUT2D eigenvalue weighted by Gasteiger charge is 2.30. The van der Waals surface area contributed by atoms with Crippen molar-refractivity contribution in [3.63, 3.8) is 0 Å². The smallest absolute Gasteiger partial charge is 0.282 e. The molecule has 0 unspecified atom stereocenters. The molecule has 29 heavy (non-hydrogen) atoms. The molecule has 0 aromatic heterocycles. The molecular formula is C23H30ClN3O2+2. The summed E-state index contributed by atoms with van der Waals surface area (Å²) in [6, 6.07) is 15.6. The minimum Gasteiger partial charge on any atom is -0.495 e. The Balaban J connectivity index is 1.45. The van der Waals surface area contributed by atoms with Crippen LogP contribution in [0, 0.1) is 0 Å². The number of rotatable bonds is 7. The Labute approximate surface area is 177 Å². The highest BCUT2D eigenvalue weighted by atomic mass is 35.5. The number of carbonyl (C=O) groups is 1. The quantitative estimate of drug-likeness (QED) is 0.635. The lowest BCUT2D eigenvalue weighted by molar-refractivity contribution is -1.02. The van der Waals surface area contributed by atoms with Gasteiger partial charge in [-0.2, -0.15) is 0 Å². The summed E-state index contributed by atoms with van der Waals surface area (Å²) >= 11 is 6.15. The van der Waals surface area contributed by atoms with Crippen LogP contribution in [0.4, 0.5) is 5.69 Å².